The monoisotopic (exact) mass is 742 g/mol. The van der Waals surface area contributed by atoms with Gasteiger partial charge in [-0.15, -0.1) is 5.75 Å². The molecule has 1 saturated heterocycles. The third-order valence-corrected chi connectivity index (χ3v) is 10.7. The molecule has 49 heavy (non-hydrogen) atoms. The Hall–Kier alpha value is -3.48. The Morgan fingerprint density at radius 1 is 0.694 bits per heavy atom. The minimum atomic E-state index is -0.215. The van der Waals surface area contributed by atoms with Crippen LogP contribution in [-0.4, -0.2) is 41.9 Å². The Labute approximate surface area is 306 Å². The molecule has 0 bridgehead atoms. The number of hydrogen-bond donors (Lipinski definition) is 2. The van der Waals surface area contributed by atoms with Crippen LogP contribution < -0.4 is 9.84 Å². The van der Waals surface area contributed by atoms with Gasteiger partial charge in [-0.25, -0.2) is 0 Å². The maximum Gasteiger partial charge on any atom is 0.127 e. The van der Waals surface area contributed by atoms with Gasteiger partial charge in [0.25, 0.3) is 0 Å². The number of phenols is 2. The second kappa shape index (κ2) is 15.2. The molecule has 1 heterocycles. The molecule has 0 aromatic heterocycles. The van der Waals surface area contributed by atoms with Gasteiger partial charge in [0.05, 0.1) is 0 Å². The van der Waals surface area contributed by atoms with Gasteiger partial charge in [0.15, 0.2) is 0 Å². The molecule has 9 heteroatoms. The van der Waals surface area contributed by atoms with Crippen LogP contribution in [0.2, 0.25) is 10.0 Å². The van der Waals surface area contributed by atoms with E-state index in [1.807, 2.05) is 54.6 Å². The van der Waals surface area contributed by atoms with Gasteiger partial charge in [-0.3, -0.25) is 0 Å². The standard InChI is InChI=1S/C28H36Cl2N2O2.C12H10O2.Mn/c1-27(2,3)21-13-19(29)11-17(25(21)33)15-31-23-9-7-8-10-24(23)32-16-18-12-20(30)14-22(26(18)34)28(4,5)6;13-10-6-8-12(9-7-10)14-11-4-2-1-3-5-11;/h11-16,23-24,33-34H,7-10H2,1-6H3;1-9,13H;/q;;+2/p-1/t23-,24-;;/m1../s1. The summed E-state index contributed by atoms with van der Waals surface area (Å²) in [5, 5.41) is 34.3. The molecule has 0 amide bonds. The van der Waals surface area contributed by atoms with Gasteiger partial charge < -0.3 is 9.84 Å². The zero-order chi connectivity index (χ0) is 35.5. The van der Waals surface area contributed by atoms with Crippen molar-refractivity contribution in [2.75, 3.05) is 0 Å². The van der Waals surface area contributed by atoms with E-state index in [-0.39, 0.29) is 16.6 Å². The maximum absolute atomic E-state index is 11.1. The van der Waals surface area contributed by atoms with Crippen molar-refractivity contribution in [1.82, 2.24) is 0 Å². The SMILES string of the molecule is CC(C)(C)c1cc(Cl)cc(C=[N+]2[Mn][N+](=Cc3cc(Cl)cc(C(C)(C)C)c3O)[C@@H]3CCCC[C@H]32)c1O.[O-]c1ccc(Oc2ccccc2)cc1. The summed E-state index contributed by atoms with van der Waals surface area (Å²) in [5.41, 5.74) is 2.77. The van der Waals surface area contributed by atoms with Crippen molar-refractivity contribution in [3.63, 3.8) is 0 Å². The van der Waals surface area contributed by atoms with Crippen LogP contribution in [0.1, 0.15) is 89.5 Å². The molecule has 259 valence electrons. The number of nitrogens with zero attached hydrogens (tertiary/aromatic N) is 2. The number of hydrogen-bond acceptors (Lipinski definition) is 4. The van der Waals surface area contributed by atoms with Crippen molar-refractivity contribution in [3.05, 3.63) is 111 Å². The van der Waals surface area contributed by atoms with E-state index in [0.29, 0.717) is 54.8 Å². The van der Waals surface area contributed by atoms with Gasteiger partial charge in [0.1, 0.15) is 11.5 Å². The Balaban J connectivity index is 0.000000278. The number of halogens is 2. The van der Waals surface area contributed by atoms with E-state index < -0.39 is 0 Å². The van der Waals surface area contributed by atoms with Crippen molar-refractivity contribution >= 4 is 35.6 Å². The van der Waals surface area contributed by atoms with Crippen LogP contribution in [0, 0.1) is 0 Å². The smallest absolute Gasteiger partial charge is 0.127 e. The summed E-state index contributed by atoms with van der Waals surface area (Å²) in [7, 11) is 0. The van der Waals surface area contributed by atoms with E-state index >= 15 is 0 Å². The van der Waals surface area contributed by atoms with Gasteiger partial charge >= 0.3 is 227 Å². The van der Waals surface area contributed by atoms with Crippen LogP contribution in [0.3, 0.4) is 0 Å². The van der Waals surface area contributed by atoms with Crippen LogP contribution in [0.15, 0.2) is 78.9 Å². The first-order valence-corrected chi connectivity index (χ1v) is 18.4. The topological polar surface area (TPSA) is 78.8 Å². The molecule has 4 aromatic rings. The van der Waals surface area contributed by atoms with E-state index in [2.05, 4.69) is 61.2 Å². The zero-order valence-corrected chi connectivity index (χ0v) is 31.6. The minimum Gasteiger partial charge on any atom is -0.872 e. The van der Waals surface area contributed by atoms with Crippen LogP contribution >= 0.6 is 23.2 Å². The van der Waals surface area contributed by atoms with E-state index in [0.717, 1.165) is 40.8 Å². The van der Waals surface area contributed by atoms with Crippen molar-refractivity contribution in [1.29, 1.82) is 0 Å². The predicted octanol–water partition coefficient (Wildman–Crippen LogP) is 9.35. The number of rotatable bonds is 4. The number of benzene rings is 4. The van der Waals surface area contributed by atoms with Gasteiger partial charge in [-0.2, -0.15) is 0 Å². The summed E-state index contributed by atoms with van der Waals surface area (Å²) in [4.78, 5) is 0. The van der Waals surface area contributed by atoms with E-state index in [1.54, 1.807) is 12.1 Å². The number of para-hydroxylation sites is 1. The molecule has 2 fully saturated rings. The van der Waals surface area contributed by atoms with Crippen molar-refractivity contribution in [2.45, 2.75) is 90.1 Å². The van der Waals surface area contributed by atoms with E-state index in [9.17, 15) is 15.3 Å². The summed E-state index contributed by atoms with van der Waals surface area (Å²) >= 11 is 13.3. The fourth-order valence-corrected chi connectivity index (χ4v) is 8.39. The van der Waals surface area contributed by atoms with Crippen LogP contribution in [-0.2, 0) is 26.2 Å². The van der Waals surface area contributed by atoms with Gasteiger partial charge in [-0.05, 0) is 24.3 Å². The van der Waals surface area contributed by atoms with Crippen LogP contribution in [0.25, 0.3) is 0 Å². The fraction of sp³-hybridized carbons (Fsp3) is 0.350. The third kappa shape index (κ3) is 9.20. The fourth-order valence-electron chi connectivity index (χ4n) is 6.09. The summed E-state index contributed by atoms with van der Waals surface area (Å²) in [6.07, 6.45) is 8.73. The third-order valence-electron chi connectivity index (χ3n) is 8.65. The number of fused-ring (bicyclic) bond motifs is 1. The first-order valence-electron chi connectivity index (χ1n) is 16.6. The summed E-state index contributed by atoms with van der Waals surface area (Å²) < 4.78 is 10.2. The molecule has 0 spiro atoms. The summed E-state index contributed by atoms with van der Waals surface area (Å²) in [6, 6.07) is 23.9. The van der Waals surface area contributed by atoms with Crippen molar-refractivity contribution in [2.24, 2.45) is 0 Å². The average molecular weight is 744 g/mol. The molecule has 4 aromatic carbocycles. The molecule has 0 radical (unpaired) electrons. The number of aromatic hydroxyl groups is 2. The Kier molecular flexibility index (Phi) is 11.4. The normalized spacial score (nSPS) is 19.3. The molecule has 2 aliphatic rings. The number of ether oxygens (including phenoxy) is 1. The molecule has 1 aliphatic heterocycles. The van der Waals surface area contributed by atoms with Gasteiger partial charge in [0.2, 0.25) is 0 Å². The first kappa shape index (κ1) is 36.8. The zero-order valence-electron chi connectivity index (χ0n) is 28.9. The van der Waals surface area contributed by atoms with E-state index in [1.165, 1.54) is 25.0 Å². The molecule has 1 saturated carbocycles. The Bertz CT molecular complexity index is 1750. The van der Waals surface area contributed by atoms with Crippen LogP contribution in [0.4, 0.5) is 0 Å². The molecule has 6 rings (SSSR count). The Morgan fingerprint density at radius 2 is 1.12 bits per heavy atom. The van der Waals surface area contributed by atoms with E-state index in [4.69, 9.17) is 27.9 Å². The largest absolute Gasteiger partial charge is 0.872 e. The molecular formula is C40H45Cl2MnN2O4+. The second-order valence-corrected chi connectivity index (χ2v) is 16.9. The molecule has 6 nitrogen and oxygen atoms in total. The average Bonchev–Trinajstić information content (AvgIpc) is 3.38. The van der Waals surface area contributed by atoms with Crippen molar-refractivity contribution < 1.29 is 42.6 Å². The first-order chi connectivity index (χ1) is 23.1. The van der Waals surface area contributed by atoms with Crippen LogP contribution in [0.5, 0.6) is 28.7 Å². The molecule has 1 aliphatic carbocycles. The predicted molar refractivity (Wildman–Crippen MR) is 193 cm³/mol. The summed E-state index contributed by atoms with van der Waals surface area (Å²) in [5.74, 6) is 2.03. The maximum atomic E-state index is 11.1. The Morgan fingerprint density at radius 3 is 1.55 bits per heavy atom. The molecule has 0 unspecified atom stereocenters. The van der Waals surface area contributed by atoms with Gasteiger partial charge in [-0.1, -0.05) is 30.3 Å². The molecule has 2 atom stereocenters. The molecule has 2 N–H and O–H groups in total. The summed E-state index contributed by atoms with van der Waals surface area (Å²) in [6.45, 7) is 12.5. The number of phenolic OH excluding ortho intramolecular Hbond substituents is 2. The second-order valence-electron chi connectivity index (χ2n) is 14.6. The van der Waals surface area contributed by atoms with Gasteiger partial charge in [0, 0.05) is 0 Å². The minimum absolute atomic E-state index is 0.00888. The quantitative estimate of drug-likeness (QED) is 0.204. The van der Waals surface area contributed by atoms with Crippen molar-refractivity contribution in [3.8, 4) is 28.7 Å². The molecular weight excluding hydrogens is 698 g/mol.